The van der Waals surface area contributed by atoms with Crippen molar-refractivity contribution in [1.82, 2.24) is 14.3 Å². The van der Waals surface area contributed by atoms with E-state index in [-0.39, 0.29) is 11.1 Å². The summed E-state index contributed by atoms with van der Waals surface area (Å²) in [6.07, 6.45) is 6.85. The van der Waals surface area contributed by atoms with E-state index in [9.17, 15) is 9.59 Å². The van der Waals surface area contributed by atoms with Crippen molar-refractivity contribution in [1.29, 1.82) is 0 Å². The van der Waals surface area contributed by atoms with E-state index in [2.05, 4.69) is 28.2 Å². The van der Waals surface area contributed by atoms with Crippen LogP contribution in [0.1, 0.15) is 47.0 Å². The number of hydrogen-bond acceptors (Lipinski definition) is 5. The number of piperidine rings is 1. The third-order valence-corrected chi connectivity index (χ3v) is 6.19. The molecule has 1 aromatic carbocycles. The monoisotopic (exact) mass is 396 g/mol. The van der Waals surface area contributed by atoms with E-state index >= 15 is 0 Å². The summed E-state index contributed by atoms with van der Waals surface area (Å²) in [7, 11) is 0. The molecule has 1 atom stereocenters. The van der Waals surface area contributed by atoms with E-state index in [0.29, 0.717) is 16.7 Å². The van der Waals surface area contributed by atoms with Gasteiger partial charge in [-0.2, -0.15) is 0 Å². The summed E-state index contributed by atoms with van der Waals surface area (Å²) in [5.74, 6) is -0.431. The quantitative estimate of drug-likeness (QED) is 0.730. The number of rotatable bonds is 4. The molecule has 3 heterocycles. The van der Waals surface area contributed by atoms with Crippen LogP contribution in [0.3, 0.4) is 0 Å². The number of fused-ring (bicyclic) bond motifs is 1. The molecule has 1 fully saturated rings. The molecule has 1 aliphatic heterocycles. The molecule has 0 bridgehead atoms. The van der Waals surface area contributed by atoms with Crippen LogP contribution >= 0.6 is 11.3 Å². The number of benzene rings is 1. The summed E-state index contributed by atoms with van der Waals surface area (Å²) in [6, 6.07) is 8.43. The predicted octanol–water partition coefficient (Wildman–Crippen LogP) is 3.69. The number of hydrogen-bond donors (Lipinski definition) is 1. The SMILES string of the molecule is Cc1cn2c(=O)c(C(=O)Nc3cccc(CN4CCCC[C@@H]4C)c3)cnc2s1. The molecule has 0 radical (unpaired) electrons. The highest BCUT2D eigenvalue weighted by Gasteiger charge is 2.19. The van der Waals surface area contributed by atoms with Gasteiger partial charge < -0.3 is 5.32 Å². The van der Waals surface area contributed by atoms with Gasteiger partial charge in [-0.15, -0.1) is 11.3 Å². The fraction of sp³-hybridized carbons (Fsp3) is 0.381. The molecule has 2 aromatic heterocycles. The lowest BCUT2D eigenvalue weighted by atomic mass is 10.0. The molecule has 1 aliphatic rings. The van der Waals surface area contributed by atoms with Crippen molar-refractivity contribution >= 4 is 27.9 Å². The number of nitrogens with one attached hydrogen (secondary N) is 1. The van der Waals surface area contributed by atoms with E-state index in [1.165, 1.54) is 41.2 Å². The fourth-order valence-electron chi connectivity index (χ4n) is 3.72. The van der Waals surface area contributed by atoms with Gasteiger partial charge in [-0.25, -0.2) is 4.98 Å². The van der Waals surface area contributed by atoms with E-state index in [0.717, 1.165) is 23.5 Å². The van der Waals surface area contributed by atoms with Crippen LogP contribution in [-0.2, 0) is 6.54 Å². The lowest BCUT2D eigenvalue weighted by Gasteiger charge is -2.33. The largest absolute Gasteiger partial charge is 0.322 e. The maximum Gasteiger partial charge on any atom is 0.271 e. The zero-order chi connectivity index (χ0) is 19.7. The predicted molar refractivity (Wildman–Crippen MR) is 112 cm³/mol. The van der Waals surface area contributed by atoms with Crippen LogP contribution in [0.25, 0.3) is 4.96 Å². The Hall–Kier alpha value is -2.51. The van der Waals surface area contributed by atoms with Gasteiger partial charge in [0.1, 0.15) is 5.56 Å². The van der Waals surface area contributed by atoms with Crippen molar-refractivity contribution in [2.24, 2.45) is 0 Å². The summed E-state index contributed by atoms with van der Waals surface area (Å²) in [5, 5.41) is 2.85. The van der Waals surface area contributed by atoms with Crippen molar-refractivity contribution in [3.05, 3.63) is 63.0 Å². The first-order valence-electron chi connectivity index (χ1n) is 9.63. The standard InChI is InChI=1S/C21H24N4O2S/c1-14-6-3-4-9-24(14)13-16-7-5-8-17(10-16)23-19(26)18-11-22-21-25(20(18)27)12-15(2)28-21/h5,7-8,10-12,14H,3-4,6,9,13H2,1-2H3,(H,23,26)/t14-/m0/s1. The van der Waals surface area contributed by atoms with Crippen molar-refractivity contribution in [2.45, 2.75) is 45.7 Å². The highest BCUT2D eigenvalue weighted by Crippen LogP contribution is 2.21. The van der Waals surface area contributed by atoms with Gasteiger partial charge in [-0.1, -0.05) is 18.6 Å². The van der Waals surface area contributed by atoms with Crippen molar-refractivity contribution in [2.75, 3.05) is 11.9 Å². The number of carbonyl (C=O) groups is 1. The number of aryl methyl sites for hydroxylation is 1. The van der Waals surface area contributed by atoms with E-state index in [4.69, 9.17) is 0 Å². The third kappa shape index (κ3) is 3.86. The minimum absolute atomic E-state index is 0.0466. The minimum Gasteiger partial charge on any atom is -0.322 e. The van der Waals surface area contributed by atoms with Gasteiger partial charge in [0.15, 0.2) is 4.96 Å². The van der Waals surface area contributed by atoms with Crippen LogP contribution < -0.4 is 10.9 Å². The Morgan fingerprint density at radius 2 is 2.21 bits per heavy atom. The van der Waals surface area contributed by atoms with Crippen LogP contribution in [0, 0.1) is 6.92 Å². The van der Waals surface area contributed by atoms with Gasteiger partial charge in [0.25, 0.3) is 11.5 Å². The van der Waals surface area contributed by atoms with Gasteiger partial charge in [0.2, 0.25) is 0 Å². The summed E-state index contributed by atoms with van der Waals surface area (Å²) in [6.45, 7) is 6.16. The fourth-order valence-corrected chi connectivity index (χ4v) is 4.51. The van der Waals surface area contributed by atoms with Gasteiger partial charge in [0, 0.05) is 35.5 Å². The molecule has 146 valence electrons. The molecule has 0 unspecified atom stereocenters. The van der Waals surface area contributed by atoms with E-state index < -0.39 is 5.91 Å². The first-order valence-corrected chi connectivity index (χ1v) is 10.4. The molecular formula is C21H24N4O2S. The highest BCUT2D eigenvalue weighted by molar-refractivity contribution is 7.16. The van der Waals surface area contributed by atoms with Crippen LogP contribution in [0.15, 0.2) is 41.5 Å². The van der Waals surface area contributed by atoms with Crippen LogP contribution in [0.2, 0.25) is 0 Å². The van der Waals surface area contributed by atoms with Crippen LogP contribution in [0.5, 0.6) is 0 Å². The molecule has 1 saturated heterocycles. The second-order valence-electron chi connectivity index (χ2n) is 7.44. The summed E-state index contributed by atoms with van der Waals surface area (Å²) in [5.41, 5.74) is 1.55. The summed E-state index contributed by atoms with van der Waals surface area (Å²) >= 11 is 1.42. The lowest BCUT2D eigenvalue weighted by Crippen LogP contribution is -2.36. The molecule has 0 spiro atoms. The smallest absolute Gasteiger partial charge is 0.271 e. The Bertz CT molecular complexity index is 1070. The summed E-state index contributed by atoms with van der Waals surface area (Å²) < 4.78 is 1.43. The van der Waals surface area contributed by atoms with E-state index in [1.54, 1.807) is 6.20 Å². The molecule has 0 aliphatic carbocycles. The second-order valence-corrected chi connectivity index (χ2v) is 8.65. The molecule has 4 rings (SSSR count). The average molecular weight is 397 g/mol. The van der Waals surface area contributed by atoms with Crippen LogP contribution in [0.4, 0.5) is 5.69 Å². The topological polar surface area (TPSA) is 66.7 Å². The average Bonchev–Trinajstić information content (AvgIpc) is 3.05. The minimum atomic E-state index is -0.431. The van der Waals surface area contributed by atoms with Crippen LogP contribution in [-0.4, -0.2) is 32.8 Å². The Balaban J connectivity index is 1.52. The maximum atomic E-state index is 12.7. The summed E-state index contributed by atoms with van der Waals surface area (Å²) in [4.78, 5) is 33.6. The lowest BCUT2D eigenvalue weighted by molar-refractivity contribution is 0.102. The molecule has 7 heteroatoms. The normalized spacial score (nSPS) is 17.7. The zero-order valence-corrected chi connectivity index (χ0v) is 17.0. The number of aromatic nitrogens is 2. The zero-order valence-electron chi connectivity index (χ0n) is 16.1. The number of likely N-dealkylation sites (tertiary alicyclic amines) is 1. The first-order chi connectivity index (χ1) is 13.5. The maximum absolute atomic E-state index is 12.7. The Morgan fingerprint density at radius 1 is 1.36 bits per heavy atom. The first kappa shape index (κ1) is 18.8. The van der Waals surface area contributed by atoms with Gasteiger partial charge in [-0.05, 0) is 50.9 Å². The van der Waals surface area contributed by atoms with Crippen molar-refractivity contribution in [3.63, 3.8) is 0 Å². The van der Waals surface area contributed by atoms with E-state index in [1.807, 2.05) is 25.1 Å². The van der Waals surface area contributed by atoms with Gasteiger partial charge in [-0.3, -0.25) is 18.9 Å². The Kier molecular flexibility index (Phi) is 5.28. The number of nitrogens with zero attached hydrogens (tertiary/aromatic N) is 3. The second kappa shape index (κ2) is 7.85. The molecule has 6 nitrogen and oxygen atoms in total. The molecule has 0 saturated carbocycles. The number of anilines is 1. The number of amides is 1. The Labute approximate surface area is 167 Å². The van der Waals surface area contributed by atoms with Crippen molar-refractivity contribution in [3.8, 4) is 0 Å². The van der Waals surface area contributed by atoms with Gasteiger partial charge >= 0.3 is 0 Å². The molecule has 1 amide bonds. The third-order valence-electron chi connectivity index (χ3n) is 5.28. The Morgan fingerprint density at radius 3 is 3.04 bits per heavy atom. The molecular weight excluding hydrogens is 372 g/mol. The number of thiazole rings is 1. The molecule has 3 aromatic rings. The van der Waals surface area contributed by atoms with Crippen molar-refractivity contribution < 1.29 is 4.79 Å². The molecule has 28 heavy (non-hydrogen) atoms. The van der Waals surface area contributed by atoms with Gasteiger partial charge in [0.05, 0.1) is 0 Å². The number of carbonyl (C=O) groups excluding carboxylic acids is 1. The highest BCUT2D eigenvalue weighted by atomic mass is 32.1. The molecule has 1 N–H and O–H groups in total.